The van der Waals surface area contributed by atoms with Gasteiger partial charge in [0.15, 0.2) is 11.6 Å². The van der Waals surface area contributed by atoms with E-state index in [9.17, 15) is 4.79 Å². The molecular weight excluding hydrogens is 290 g/mol. The molecule has 0 aliphatic carbocycles. The predicted octanol–water partition coefficient (Wildman–Crippen LogP) is 2.32. The van der Waals surface area contributed by atoms with Crippen LogP contribution < -0.4 is 0 Å². The molecule has 122 valence electrons. The minimum atomic E-state index is 0.218. The summed E-state index contributed by atoms with van der Waals surface area (Å²) in [6, 6.07) is 9.84. The van der Waals surface area contributed by atoms with Crippen molar-refractivity contribution >= 4 is 5.78 Å². The maximum Gasteiger partial charge on any atom is 0.165 e. The number of nitrogens with zero attached hydrogens (tertiary/aromatic N) is 5. The SMILES string of the molecule is CCCn1nnnc1CN1CCC[C@H]1CC(=O)c1ccccc1. The monoisotopic (exact) mass is 313 g/mol. The minimum Gasteiger partial charge on any atom is -0.294 e. The van der Waals surface area contributed by atoms with Gasteiger partial charge in [0, 0.05) is 24.6 Å². The van der Waals surface area contributed by atoms with E-state index in [-0.39, 0.29) is 11.8 Å². The largest absolute Gasteiger partial charge is 0.294 e. The topological polar surface area (TPSA) is 63.9 Å². The van der Waals surface area contributed by atoms with Gasteiger partial charge in [0.05, 0.1) is 6.54 Å². The number of carbonyl (C=O) groups excluding carboxylic acids is 1. The van der Waals surface area contributed by atoms with Gasteiger partial charge in [0.25, 0.3) is 0 Å². The van der Waals surface area contributed by atoms with Crippen molar-refractivity contribution in [2.45, 2.75) is 51.7 Å². The van der Waals surface area contributed by atoms with Crippen molar-refractivity contribution in [3.63, 3.8) is 0 Å². The van der Waals surface area contributed by atoms with Gasteiger partial charge in [-0.1, -0.05) is 37.3 Å². The van der Waals surface area contributed by atoms with Gasteiger partial charge in [0.2, 0.25) is 0 Å². The molecule has 1 aromatic heterocycles. The van der Waals surface area contributed by atoms with Crippen molar-refractivity contribution in [3.8, 4) is 0 Å². The molecule has 1 aromatic carbocycles. The summed E-state index contributed by atoms with van der Waals surface area (Å²) in [7, 11) is 0. The number of benzene rings is 1. The van der Waals surface area contributed by atoms with Crippen LogP contribution in [-0.2, 0) is 13.1 Å². The number of tetrazole rings is 1. The molecule has 0 bridgehead atoms. The average Bonchev–Trinajstić information content (AvgIpc) is 3.19. The van der Waals surface area contributed by atoms with Crippen LogP contribution in [0, 0.1) is 0 Å². The third-order valence-electron chi connectivity index (χ3n) is 4.40. The lowest BCUT2D eigenvalue weighted by Gasteiger charge is -2.23. The Hall–Kier alpha value is -2.08. The van der Waals surface area contributed by atoms with Crippen molar-refractivity contribution in [2.24, 2.45) is 0 Å². The van der Waals surface area contributed by atoms with Gasteiger partial charge in [-0.15, -0.1) is 5.10 Å². The molecule has 1 atom stereocenters. The van der Waals surface area contributed by atoms with E-state index in [1.54, 1.807) is 0 Å². The first kappa shape index (κ1) is 15.8. The molecule has 1 saturated heterocycles. The van der Waals surface area contributed by atoms with Crippen LogP contribution in [0.3, 0.4) is 0 Å². The lowest BCUT2D eigenvalue weighted by Crippen LogP contribution is -2.32. The number of ketones is 1. The molecule has 1 aliphatic rings. The van der Waals surface area contributed by atoms with Crippen molar-refractivity contribution in [1.82, 2.24) is 25.1 Å². The van der Waals surface area contributed by atoms with E-state index in [0.717, 1.165) is 50.3 Å². The number of likely N-dealkylation sites (tertiary alicyclic amines) is 1. The molecule has 0 amide bonds. The Bertz CT molecular complexity index is 639. The number of carbonyl (C=O) groups is 1. The maximum atomic E-state index is 12.4. The highest BCUT2D eigenvalue weighted by molar-refractivity contribution is 5.96. The quantitative estimate of drug-likeness (QED) is 0.734. The smallest absolute Gasteiger partial charge is 0.165 e. The van der Waals surface area contributed by atoms with Gasteiger partial charge >= 0.3 is 0 Å². The van der Waals surface area contributed by atoms with Crippen LogP contribution in [0.4, 0.5) is 0 Å². The fraction of sp³-hybridized carbons (Fsp3) is 0.529. The Morgan fingerprint density at radius 3 is 2.91 bits per heavy atom. The predicted molar refractivity (Wildman–Crippen MR) is 86.9 cm³/mol. The lowest BCUT2D eigenvalue weighted by molar-refractivity contribution is 0.0936. The first-order chi connectivity index (χ1) is 11.3. The number of rotatable bonds is 7. The Kier molecular flexibility index (Phi) is 5.12. The maximum absolute atomic E-state index is 12.4. The third kappa shape index (κ3) is 3.82. The summed E-state index contributed by atoms with van der Waals surface area (Å²) in [6.07, 6.45) is 3.77. The van der Waals surface area contributed by atoms with Crippen molar-refractivity contribution < 1.29 is 4.79 Å². The summed E-state index contributed by atoms with van der Waals surface area (Å²) in [5.41, 5.74) is 0.801. The molecule has 23 heavy (non-hydrogen) atoms. The molecule has 1 fully saturated rings. The second-order valence-electron chi connectivity index (χ2n) is 6.08. The number of hydrogen-bond donors (Lipinski definition) is 0. The summed E-state index contributed by atoms with van der Waals surface area (Å²) < 4.78 is 1.87. The molecule has 0 N–H and O–H groups in total. The summed E-state index contributed by atoms with van der Waals surface area (Å²) in [6.45, 7) is 4.68. The molecule has 2 aromatic rings. The standard InChI is InChI=1S/C17H23N5O/c1-2-10-22-17(18-19-20-22)13-21-11-6-9-15(21)12-16(23)14-7-4-3-5-8-14/h3-5,7-8,15H,2,6,9-13H2,1H3/t15-/m0/s1. The normalized spacial score (nSPS) is 18.4. The molecule has 0 spiro atoms. The van der Waals surface area contributed by atoms with Crippen LogP contribution in [0.1, 0.15) is 48.8 Å². The number of Topliss-reactive ketones (excluding diaryl/α,β-unsaturated/α-hetero) is 1. The zero-order valence-electron chi connectivity index (χ0n) is 13.6. The van der Waals surface area contributed by atoms with Crippen LogP contribution in [-0.4, -0.2) is 43.5 Å². The van der Waals surface area contributed by atoms with E-state index < -0.39 is 0 Å². The van der Waals surface area contributed by atoms with Gasteiger partial charge in [-0.2, -0.15) is 0 Å². The van der Waals surface area contributed by atoms with E-state index in [2.05, 4.69) is 27.3 Å². The Morgan fingerprint density at radius 1 is 1.30 bits per heavy atom. The van der Waals surface area contributed by atoms with Gasteiger partial charge in [-0.05, 0) is 36.2 Å². The minimum absolute atomic E-state index is 0.218. The summed E-state index contributed by atoms with van der Waals surface area (Å²) in [5, 5.41) is 12.0. The second kappa shape index (κ2) is 7.46. The van der Waals surface area contributed by atoms with Crippen molar-refractivity contribution in [3.05, 3.63) is 41.7 Å². The molecule has 0 unspecified atom stereocenters. The highest BCUT2D eigenvalue weighted by atomic mass is 16.1. The Labute approximate surface area is 136 Å². The van der Waals surface area contributed by atoms with Gasteiger partial charge in [-0.25, -0.2) is 4.68 Å². The highest BCUT2D eigenvalue weighted by Crippen LogP contribution is 2.23. The van der Waals surface area contributed by atoms with E-state index >= 15 is 0 Å². The number of aromatic nitrogens is 4. The van der Waals surface area contributed by atoms with Gasteiger partial charge in [0.1, 0.15) is 0 Å². The fourth-order valence-electron chi connectivity index (χ4n) is 3.19. The Morgan fingerprint density at radius 2 is 2.13 bits per heavy atom. The zero-order valence-corrected chi connectivity index (χ0v) is 13.6. The van der Waals surface area contributed by atoms with Crippen LogP contribution in [0.15, 0.2) is 30.3 Å². The molecule has 2 heterocycles. The van der Waals surface area contributed by atoms with Gasteiger partial charge < -0.3 is 0 Å². The molecule has 0 saturated carbocycles. The molecule has 0 radical (unpaired) electrons. The molecular formula is C17H23N5O. The van der Waals surface area contributed by atoms with Crippen molar-refractivity contribution in [1.29, 1.82) is 0 Å². The van der Waals surface area contributed by atoms with Crippen LogP contribution in [0.5, 0.6) is 0 Å². The number of aryl methyl sites for hydroxylation is 1. The van der Waals surface area contributed by atoms with E-state index in [4.69, 9.17) is 0 Å². The zero-order chi connectivity index (χ0) is 16.1. The van der Waals surface area contributed by atoms with Crippen LogP contribution >= 0.6 is 0 Å². The lowest BCUT2D eigenvalue weighted by atomic mass is 10.0. The molecule has 1 aliphatic heterocycles. The molecule has 6 heteroatoms. The van der Waals surface area contributed by atoms with E-state index in [0.29, 0.717) is 6.42 Å². The van der Waals surface area contributed by atoms with Crippen molar-refractivity contribution in [2.75, 3.05) is 6.54 Å². The Balaban J connectivity index is 1.64. The molecule has 3 rings (SSSR count). The number of hydrogen-bond acceptors (Lipinski definition) is 5. The van der Waals surface area contributed by atoms with Crippen LogP contribution in [0.2, 0.25) is 0 Å². The molecule has 6 nitrogen and oxygen atoms in total. The van der Waals surface area contributed by atoms with E-state index in [1.807, 2.05) is 35.0 Å². The van der Waals surface area contributed by atoms with E-state index in [1.165, 1.54) is 0 Å². The first-order valence-electron chi connectivity index (χ1n) is 8.35. The van der Waals surface area contributed by atoms with Gasteiger partial charge in [-0.3, -0.25) is 9.69 Å². The third-order valence-corrected chi connectivity index (χ3v) is 4.40. The van der Waals surface area contributed by atoms with Crippen LogP contribution in [0.25, 0.3) is 0 Å². The fourth-order valence-corrected chi connectivity index (χ4v) is 3.19. The summed E-state index contributed by atoms with van der Waals surface area (Å²) in [5.74, 6) is 1.11. The average molecular weight is 313 g/mol. The summed E-state index contributed by atoms with van der Waals surface area (Å²) in [4.78, 5) is 14.8. The highest BCUT2D eigenvalue weighted by Gasteiger charge is 2.28. The summed E-state index contributed by atoms with van der Waals surface area (Å²) >= 11 is 0. The first-order valence-corrected chi connectivity index (χ1v) is 8.35. The second-order valence-corrected chi connectivity index (χ2v) is 6.08.